The molecule has 0 saturated carbocycles. The Kier molecular flexibility index (Phi) is 6.39. The van der Waals surface area contributed by atoms with Crippen LogP contribution in [0.25, 0.3) is 0 Å². The van der Waals surface area contributed by atoms with Gasteiger partial charge in [0.25, 0.3) is 0 Å². The fourth-order valence-corrected chi connectivity index (χ4v) is 2.37. The first kappa shape index (κ1) is 18.3. The average molecular weight is 342 g/mol. The van der Waals surface area contributed by atoms with E-state index in [4.69, 9.17) is 15.2 Å². The van der Waals surface area contributed by atoms with Crippen molar-refractivity contribution in [2.45, 2.75) is 19.3 Å². The Hall–Kier alpha value is -3.02. The standard InChI is InChI=1S/C19H22N2O4/c1-24-15-9-6-13(7-10-15)17(22)4-3-5-19(23)21-14-8-11-18(25-2)16(20)12-14/h6-12H,3-5,20H2,1-2H3,(H,21,23). The predicted octanol–water partition coefficient (Wildman–Crippen LogP) is 3.28. The number of methoxy groups -OCH3 is 2. The van der Waals surface area contributed by atoms with Gasteiger partial charge in [0.2, 0.25) is 5.91 Å². The number of benzene rings is 2. The summed E-state index contributed by atoms with van der Waals surface area (Å²) in [7, 11) is 3.11. The molecule has 1 amide bonds. The van der Waals surface area contributed by atoms with Crippen LogP contribution >= 0.6 is 0 Å². The molecule has 0 saturated heterocycles. The predicted molar refractivity (Wildman–Crippen MR) is 97.2 cm³/mol. The van der Waals surface area contributed by atoms with Gasteiger partial charge in [0.1, 0.15) is 11.5 Å². The molecule has 0 unspecified atom stereocenters. The van der Waals surface area contributed by atoms with Gasteiger partial charge in [-0.15, -0.1) is 0 Å². The Balaban J connectivity index is 1.79. The Labute approximate surface area is 146 Å². The molecule has 2 aromatic rings. The fourth-order valence-electron chi connectivity index (χ4n) is 2.37. The van der Waals surface area contributed by atoms with E-state index >= 15 is 0 Å². The van der Waals surface area contributed by atoms with E-state index in [-0.39, 0.29) is 18.1 Å². The molecule has 6 heteroatoms. The van der Waals surface area contributed by atoms with Crippen molar-refractivity contribution in [1.82, 2.24) is 0 Å². The molecule has 0 radical (unpaired) electrons. The number of nitrogens with two attached hydrogens (primary N) is 1. The third-order valence-electron chi connectivity index (χ3n) is 3.73. The van der Waals surface area contributed by atoms with Crippen LogP contribution in [0.15, 0.2) is 42.5 Å². The monoisotopic (exact) mass is 342 g/mol. The Morgan fingerprint density at radius 3 is 2.32 bits per heavy atom. The molecule has 0 aliphatic rings. The molecular formula is C19H22N2O4. The topological polar surface area (TPSA) is 90.7 Å². The maximum Gasteiger partial charge on any atom is 0.224 e. The minimum atomic E-state index is -0.160. The van der Waals surface area contributed by atoms with Crippen LogP contribution in [-0.2, 0) is 4.79 Å². The SMILES string of the molecule is COc1ccc(C(=O)CCCC(=O)Nc2ccc(OC)c(N)c2)cc1. The third kappa shape index (κ3) is 5.24. The highest BCUT2D eigenvalue weighted by atomic mass is 16.5. The molecule has 132 valence electrons. The number of amides is 1. The van der Waals surface area contributed by atoms with Crippen LogP contribution in [0.5, 0.6) is 11.5 Å². The lowest BCUT2D eigenvalue weighted by Gasteiger charge is -2.09. The van der Waals surface area contributed by atoms with E-state index in [2.05, 4.69) is 5.32 Å². The van der Waals surface area contributed by atoms with Gasteiger partial charge < -0.3 is 20.5 Å². The summed E-state index contributed by atoms with van der Waals surface area (Å²) in [6, 6.07) is 12.0. The molecule has 0 fully saturated rings. The number of anilines is 2. The first-order chi connectivity index (χ1) is 12.0. The number of ether oxygens (including phenoxy) is 2. The zero-order valence-electron chi connectivity index (χ0n) is 14.4. The molecule has 6 nitrogen and oxygen atoms in total. The van der Waals surface area contributed by atoms with Crippen molar-refractivity contribution in [3.8, 4) is 11.5 Å². The summed E-state index contributed by atoms with van der Waals surface area (Å²) in [5.74, 6) is 1.11. The second-order valence-corrected chi connectivity index (χ2v) is 5.51. The smallest absolute Gasteiger partial charge is 0.224 e. The van der Waals surface area contributed by atoms with Crippen molar-refractivity contribution in [2.24, 2.45) is 0 Å². The maximum atomic E-state index is 12.1. The lowest BCUT2D eigenvalue weighted by molar-refractivity contribution is -0.116. The van der Waals surface area contributed by atoms with E-state index in [1.165, 1.54) is 7.11 Å². The van der Waals surface area contributed by atoms with Crippen molar-refractivity contribution in [2.75, 3.05) is 25.3 Å². The highest BCUT2D eigenvalue weighted by molar-refractivity contribution is 5.97. The van der Waals surface area contributed by atoms with E-state index < -0.39 is 0 Å². The van der Waals surface area contributed by atoms with Gasteiger partial charge in [-0.2, -0.15) is 0 Å². The minimum absolute atomic E-state index is 0.00384. The summed E-state index contributed by atoms with van der Waals surface area (Å²) in [6.45, 7) is 0. The van der Waals surface area contributed by atoms with Crippen molar-refractivity contribution in [3.63, 3.8) is 0 Å². The van der Waals surface area contributed by atoms with Crippen molar-refractivity contribution < 1.29 is 19.1 Å². The van der Waals surface area contributed by atoms with Crippen LogP contribution in [-0.4, -0.2) is 25.9 Å². The first-order valence-corrected chi connectivity index (χ1v) is 7.94. The summed E-state index contributed by atoms with van der Waals surface area (Å²) in [4.78, 5) is 24.1. The molecule has 3 N–H and O–H groups in total. The molecule has 0 atom stereocenters. The molecule has 2 aromatic carbocycles. The van der Waals surface area contributed by atoms with Crippen LogP contribution in [0.4, 0.5) is 11.4 Å². The number of hydrogen-bond donors (Lipinski definition) is 2. The first-order valence-electron chi connectivity index (χ1n) is 7.94. The van der Waals surface area contributed by atoms with Crippen LogP contribution in [0.2, 0.25) is 0 Å². The Morgan fingerprint density at radius 2 is 1.72 bits per heavy atom. The van der Waals surface area contributed by atoms with Crippen molar-refractivity contribution >= 4 is 23.1 Å². The highest BCUT2D eigenvalue weighted by Gasteiger charge is 2.09. The van der Waals surface area contributed by atoms with Crippen molar-refractivity contribution in [3.05, 3.63) is 48.0 Å². The number of hydrogen-bond acceptors (Lipinski definition) is 5. The number of carbonyl (C=O) groups is 2. The highest BCUT2D eigenvalue weighted by Crippen LogP contribution is 2.24. The summed E-state index contributed by atoms with van der Waals surface area (Å²) < 4.78 is 10.1. The van der Waals surface area contributed by atoms with Crippen molar-refractivity contribution in [1.29, 1.82) is 0 Å². The number of ketones is 1. The zero-order valence-corrected chi connectivity index (χ0v) is 14.4. The lowest BCUT2D eigenvalue weighted by atomic mass is 10.1. The van der Waals surface area contributed by atoms with Gasteiger partial charge in [0.15, 0.2) is 5.78 Å². The van der Waals surface area contributed by atoms with Crippen LogP contribution in [0, 0.1) is 0 Å². The third-order valence-corrected chi connectivity index (χ3v) is 3.73. The van der Waals surface area contributed by atoms with E-state index in [9.17, 15) is 9.59 Å². The maximum absolute atomic E-state index is 12.1. The summed E-state index contributed by atoms with van der Waals surface area (Å²) in [5.41, 5.74) is 7.47. The molecule has 2 rings (SSSR count). The number of rotatable bonds is 8. The largest absolute Gasteiger partial charge is 0.497 e. The normalized spacial score (nSPS) is 10.2. The number of Topliss-reactive ketones (excluding diaryl/α,β-unsaturated/α-hetero) is 1. The van der Waals surface area contributed by atoms with Gasteiger partial charge in [-0.25, -0.2) is 0 Å². The Bertz CT molecular complexity index is 742. The van der Waals surface area contributed by atoms with E-state index in [0.29, 0.717) is 41.3 Å². The van der Waals surface area contributed by atoms with Crippen LogP contribution < -0.4 is 20.5 Å². The van der Waals surface area contributed by atoms with E-state index in [1.807, 2.05) is 0 Å². The molecular weight excluding hydrogens is 320 g/mol. The fraction of sp³-hybridized carbons (Fsp3) is 0.263. The molecule has 0 aliphatic heterocycles. The Morgan fingerprint density at radius 1 is 1.00 bits per heavy atom. The number of nitrogens with one attached hydrogen (secondary N) is 1. The second kappa shape index (κ2) is 8.73. The molecule has 0 bridgehead atoms. The molecule has 0 heterocycles. The zero-order chi connectivity index (χ0) is 18.2. The molecule has 0 aromatic heterocycles. The van der Waals surface area contributed by atoms with Gasteiger partial charge in [0, 0.05) is 24.1 Å². The van der Waals surface area contributed by atoms with Crippen LogP contribution in [0.3, 0.4) is 0 Å². The number of nitrogen functional groups attached to an aromatic ring is 1. The molecule has 25 heavy (non-hydrogen) atoms. The second-order valence-electron chi connectivity index (χ2n) is 5.51. The van der Waals surface area contributed by atoms with Gasteiger partial charge in [-0.05, 0) is 48.9 Å². The van der Waals surface area contributed by atoms with Gasteiger partial charge in [-0.3, -0.25) is 9.59 Å². The van der Waals surface area contributed by atoms with Crippen LogP contribution in [0.1, 0.15) is 29.6 Å². The molecule has 0 spiro atoms. The summed E-state index contributed by atoms with van der Waals surface area (Å²) in [6.07, 6.45) is 1.04. The van der Waals surface area contributed by atoms with E-state index in [0.717, 1.165) is 0 Å². The number of carbonyl (C=O) groups excluding carboxylic acids is 2. The summed E-state index contributed by atoms with van der Waals surface area (Å²) >= 11 is 0. The van der Waals surface area contributed by atoms with Gasteiger partial charge >= 0.3 is 0 Å². The van der Waals surface area contributed by atoms with Gasteiger partial charge in [-0.1, -0.05) is 0 Å². The average Bonchev–Trinajstić information content (AvgIpc) is 2.62. The van der Waals surface area contributed by atoms with E-state index in [1.54, 1.807) is 49.6 Å². The minimum Gasteiger partial charge on any atom is -0.497 e. The molecule has 0 aliphatic carbocycles. The van der Waals surface area contributed by atoms with Gasteiger partial charge in [0.05, 0.1) is 19.9 Å². The quantitative estimate of drug-likeness (QED) is 0.567. The lowest BCUT2D eigenvalue weighted by Crippen LogP contribution is -2.12. The summed E-state index contributed by atoms with van der Waals surface area (Å²) in [5, 5.41) is 2.76.